The average molecular weight is 395 g/mol. The largest absolute Gasteiger partial charge is 0.208 e. The third-order valence-corrected chi connectivity index (χ3v) is 7.23. The van der Waals surface area contributed by atoms with Gasteiger partial charge in [-0.1, -0.05) is 41.5 Å². The van der Waals surface area contributed by atoms with E-state index < -0.39 is 0 Å². The Morgan fingerprint density at radius 3 is 1.86 bits per heavy atom. The first-order chi connectivity index (χ1) is 13.5. The highest BCUT2D eigenvalue weighted by Crippen LogP contribution is 2.52. The van der Waals surface area contributed by atoms with Crippen molar-refractivity contribution < 1.29 is 9.13 Å². The Bertz CT molecular complexity index is 775. The molecular weight excluding hydrogens is 352 g/mol. The Balaban J connectivity index is 1.57. The van der Waals surface area contributed by atoms with E-state index in [1.54, 1.807) is 0 Å². The highest BCUT2D eigenvalue weighted by atomic mass is 14.9. The SMILES string of the molecule is C[n+]1ccc(-c2cc[n+](CCCC3CC(C(C)(C)C)CC3C(C)(C)C)cc2)cc1. The lowest BCUT2D eigenvalue weighted by Crippen LogP contribution is -2.33. The maximum absolute atomic E-state index is 2.45. The summed E-state index contributed by atoms with van der Waals surface area (Å²) >= 11 is 0. The molecule has 2 aromatic rings. The summed E-state index contributed by atoms with van der Waals surface area (Å²) in [5.74, 6) is 2.61. The Morgan fingerprint density at radius 1 is 0.793 bits per heavy atom. The molecule has 29 heavy (non-hydrogen) atoms. The van der Waals surface area contributed by atoms with Crippen LogP contribution in [-0.4, -0.2) is 0 Å². The lowest BCUT2D eigenvalue weighted by molar-refractivity contribution is -0.697. The van der Waals surface area contributed by atoms with Crippen LogP contribution in [0.1, 0.15) is 67.2 Å². The van der Waals surface area contributed by atoms with Gasteiger partial charge in [0.25, 0.3) is 0 Å². The first-order valence-electron chi connectivity index (χ1n) is 11.5. The molecule has 0 aliphatic heterocycles. The number of aromatic nitrogens is 2. The normalized spacial score (nSPS) is 22.8. The molecule has 2 heterocycles. The van der Waals surface area contributed by atoms with Crippen molar-refractivity contribution in [1.82, 2.24) is 0 Å². The van der Waals surface area contributed by atoms with Crippen molar-refractivity contribution in [1.29, 1.82) is 0 Å². The molecule has 3 rings (SSSR count). The van der Waals surface area contributed by atoms with Gasteiger partial charge in [-0.25, -0.2) is 9.13 Å². The van der Waals surface area contributed by atoms with Gasteiger partial charge in [0.05, 0.1) is 0 Å². The molecule has 2 heteroatoms. The Labute approximate surface area is 179 Å². The average Bonchev–Trinajstić information content (AvgIpc) is 3.08. The highest BCUT2D eigenvalue weighted by molar-refractivity contribution is 5.60. The van der Waals surface area contributed by atoms with Crippen LogP contribution in [0.2, 0.25) is 0 Å². The van der Waals surface area contributed by atoms with Gasteiger partial charge >= 0.3 is 0 Å². The van der Waals surface area contributed by atoms with Gasteiger partial charge in [-0.15, -0.1) is 0 Å². The van der Waals surface area contributed by atoms with Crippen molar-refractivity contribution in [3.8, 4) is 11.1 Å². The molecule has 0 aromatic carbocycles. The fourth-order valence-electron chi connectivity index (χ4n) is 5.24. The zero-order valence-corrected chi connectivity index (χ0v) is 19.8. The molecule has 0 N–H and O–H groups in total. The highest BCUT2D eigenvalue weighted by Gasteiger charge is 2.43. The third-order valence-electron chi connectivity index (χ3n) is 7.23. The van der Waals surface area contributed by atoms with E-state index in [2.05, 4.69) is 107 Å². The molecule has 0 radical (unpaired) electrons. The smallest absolute Gasteiger partial charge is 0.169 e. The van der Waals surface area contributed by atoms with Crippen LogP contribution in [0.4, 0.5) is 0 Å². The Hall–Kier alpha value is -1.70. The van der Waals surface area contributed by atoms with E-state index >= 15 is 0 Å². The van der Waals surface area contributed by atoms with Crippen molar-refractivity contribution in [3.63, 3.8) is 0 Å². The van der Waals surface area contributed by atoms with Crippen molar-refractivity contribution in [3.05, 3.63) is 49.1 Å². The zero-order chi connectivity index (χ0) is 21.2. The molecule has 1 fully saturated rings. The molecule has 3 atom stereocenters. The molecule has 2 nitrogen and oxygen atoms in total. The molecule has 2 aromatic heterocycles. The summed E-state index contributed by atoms with van der Waals surface area (Å²) in [7, 11) is 2.06. The molecule has 0 saturated heterocycles. The fourth-order valence-corrected chi connectivity index (χ4v) is 5.24. The van der Waals surface area contributed by atoms with E-state index in [9.17, 15) is 0 Å². The molecule has 0 bridgehead atoms. The Morgan fingerprint density at radius 2 is 1.34 bits per heavy atom. The van der Waals surface area contributed by atoms with Gasteiger partial charge in [0.1, 0.15) is 13.6 Å². The van der Waals surface area contributed by atoms with Crippen molar-refractivity contribution in [2.45, 2.75) is 73.8 Å². The molecule has 3 unspecified atom stereocenters. The molecule has 158 valence electrons. The summed E-state index contributed by atoms with van der Waals surface area (Å²) < 4.78 is 4.43. The number of hydrogen-bond donors (Lipinski definition) is 0. The molecule has 1 saturated carbocycles. The van der Waals surface area contributed by atoms with Crippen LogP contribution in [-0.2, 0) is 13.6 Å². The van der Waals surface area contributed by atoms with E-state index in [-0.39, 0.29) is 0 Å². The predicted molar refractivity (Wildman–Crippen MR) is 121 cm³/mol. The molecule has 0 amide bonds. The second kappa shape index (κ2) is 8.58. The number of nitrogens with zero attached hydrogens (tertiary/aromatic N) is 2. The van der Waals surface area contributed by atoms with Gasteiger partial charge in [-0.3, -0.25) is 0 Å². The maximum atomic E-state index is 2.45. The zero-order valence-electron chi connectivity index (χ0n) is 19.8. The molecule has 1 aliphatic carbocycles. The molecular formula is C27H42N2+2. The number of hydrogen-bond acceptors (Lipinski definition) is 0. The topological polar surface area (TPSA) is 7.76 Å². The van der Waals surface area contributed by atoms with E-state index in [1.165, 1.54) is 36.8 Å². The van der Waals surface area contributed by atoms with Gasteiger partial charge in [0.15, 0.2) is 24.8 Å². The van der Waals surface area contributed by atoms with Gasteiger partial charge in [0.2, 0.25) is 0 Å². The maximum Gasteiger partial charge on any atom is 0.169 e. The lowest BCUT2D eigenvalue weighted by Gasteiger charge is -2.33. The lowest BCUT2D eigenvalue weighted by atomic mass is 9.73. The van der Waals surface area contributed by atoms with Crippen LogP contribution in [0.3, 0.4) is 0 Å². The minimum atomic E-state index is 0.422. The summed E-state index contributed by atoms with van der Waals surface area (Å²) in [4.78, 5) is 0. The minimum absolute atomic E-state index is 0.422. The monoisotopic (exact) mass is 394 g/mol. The second-order valence-corrected chi connectivity index (χ2v) is 11.5. The van der Waals surface area contributed by atoms with Crippen LogP contribution in [0.15, 0.2) is 49.1 Å². The van der Waals surface area contributed by atoms with E-state index in [4.69, 9.17) is 0 Å². The van der Waals surface area contributed by atoms with Crippen molar-refractivity contribution >= 4 is 0 Å². The van der Waals surface area contributed by atoms with Crippen LogP contribution in [0, 0.1) is 28.6 Å². The molecule has 1 aliphatic rings. The van der Waals surface area contributed by atoms with Crippen LogP contribution >= 0.6 is 0 Å². The van der Waals surface area contributed by atoms with Crippen LogP contribution < -0.4 is 9.13 Å². The summed E-state index contributed by atoms with van der Waals surface area (Å²) in [5.41, 5.74) is 3.43. The predicted octanol–water partition coefficient (Wildman–Crippen LogP) is 5.98. The van der Waals surface area contributed by atoms with E-state index in [0.717, 1.165) is 24.3 Å². The first-order valence-corrected chi connectivity index (χ1v) is 11.5. The quantitative estimate of drug-likeness (QED) is 0.551. The van der Waals surface area contributed by atoms with Crippen LogP contribution in [0.5, 0.6) is 0 Å². The number of aryl methyl sites for hydroxylation is 2. The summed E-state index contributed by atoms with van der Waals surface area (Å²) in [6.07, 6.45) is 14.2. The second-order valence-electron chi connectivity index (χ2n) is 11.5. The van der Waals surface area contributed by atoms with Crippen molar-refractivity contribution in [2.24, 2.45) is 35.6 Å². The summed E-state index contributed by atoms with van der Waals surface area (Å²) in [5, 5.41) is 0. The van der Waals surface area contributed by atoms with Gasteiger partial charge in [-0.05, 0) is 59.0 Å². The standard InChI is InChI=1S/C27H42N2/c1-26(2,3)24-19-23(25(20-24)27(4,5)6)9-8-14-29-17-12-22(13-18-29)21-10-15-28(7)16-11-21/h10-13,15-18,23-25H,8-9,14,19-20H2,1-7H3/q+2. The summed E-state index contributed by atoms with van der Waals surface area (Å²) in [6.45, 7) is 15.8. The van der Waals surface area contributed by atoms with Gasteiger partial charge in [0, 0.05) is 30.7 Å². The first kappa shape index (κ1) is 22.0. The van der Waals surface area contributed by atoms with E-state index in [0.29, 0.717) is 10.8 Å². The van der Waals surface area contributed by atoms with Gasteiger partial charge in [-0.2, -0.15) is 0 Å². The summed E-state index contributed by atoms with van der Waals surface area (Å²) in [6, 6.07) is 8.85. The van der Waals surface area contributed by atoms with Gasteiger partial charge < -0.3 is 0 Å². The number of pyridine rings is 2. The third kappa shape index (κ3) is 5.68. The Kier molecular flexibility index (Phi) is 6.51. The van der Waals surface area contributed by atoms with Crippen molar-refractivity contribution in [2.75, 3.05) is 0 Å². The minimum Gasteiger partial charge on any atom is -0.208 e. The van der Waals surface area contributed by atoms with Crippen LogP contribution in [0.25, 0.3) is 11.1 Å². The number of rotatable bonds is 5. The molecule has 0 spiro atoms. The van der Waals surface area contributed by atoms with E-state index in [1.807, 2.05) is 0 Å². The fraction of sp³-hybridized carbons (Fsp3) is 0.630.